The molecule has 1 N–H and O–H groups in total. The Morgan fingerprint density at radius 1 is 1.23 bits per heavy atom. The van der Waals surface area contributed by atoms with E-state index in [-0.39, 0.29) is 23.5 Å². The van der Waals surface area contributed by atoms with Crippen molar-refractivity contribution in [2.24, 2.45) is 0 Å². The summed E-state index contributed by atoms with van der Waals surface area (Å²) in [6.45, 7) is 10.3. The number of likely N-dealkylation sites (tertiary alicyclic amines) is 1. The highest BCUT2D eigenvalue weighted by molar-refractivity contribution is 5.91. The first kappa shape index (κ1) is 28.9. The topological polar surface area (TPSA) is 105 Å². The van der Waals surface area contributed by atoms with Crippen LogP contribution in [0, 0.1) is 6.92 Å². The molecule has 4 rings (SSSR count). The number of aryl methyl sites for hydroxylation is 1. The van der Waals surface area contributed by atoms with Crippen molar-refractivity contribution in [2.45, 2.75) is 52.3 Å². The Labute approximate surface area is 236 Å². The number of nitrogens with one attached hydrogen (secondary N) is 1. The Kier molecular flexibility index (Phi) is 8.99. The Balaban J connectivity index is 1.38. The van der Waals surface area contributed by atoms with Crippen LogP contribution in [0.4, 0.5) is 0 Å². The highest BCUT2D eigenvalue weighted by Gasteiger charge is 2.27. The quantitative estimate of drug-likeness (QED) is 0.411. The second-order valence-corrected chi connectivity index (χ2v) is 11.4. The third kappa shape index (κ3) is 7.32. The van der Waals surface area contributed by atoms with Gasteiger partial charge < -0.3 is 19.9 Å². The summed E-state index contributed by atoms with van der Waals surface area (Å²) in [5.41, 5.74) is 4.02. The van der Waals surface area contributed by atoms with E-state index < -0.39 is 0 Å². The molecule has 1 aliphatic rings. The molecule has 10 heteroatoms. The molecule has 2 aromatic heterocycles. The standard InChI is InChI=1S/C30H39N7O3/c1-21-16-22(9-10-23(21)17-32-29(39)26-20-37(34-33-26)30(2,3)4)25-11-13-31-18-27(25)40-24-12-15-36(19-24)28(38)8-7-14-35(5)6/h7-11,13,16,18,20,24H,12,14-15,17,19H2,1-6H3,(H,32,39). The van der Waals surface area contributed by atoms with E-state index in [0.717, 1.165) is 35.2 Å². The van der Waals surface area contributed by atoms with Gasteiger partial charge >= 0.3 is 0 Å². The van der Waals surface area contributed by atoms with Gasteiger partial charge in [-0.2, -0.15) is 0 Å². The van der Waals surface area contributed by atoms with E-state index in [1.54, 1.807) is 29.3 Å². The normalized spacial score (nSPS) is 15.7. The monoisotopic (exact) mass is 545 g/mol. The zero-order chi connectivity index (χ0) is 28.9. The lowest BCUT2D eigenvalue weighted by atomic mass is 10.00. The van der Waals surface area contributed by atoms with Crippen LogP contribution in [0.15, 0.2) is 55.0 Å². The van der Waals surface area contributed by atoms with Crippen LogP contribution in [0.2, 0.25) is 0 Å². The van der Waals surface area contributed by atoms with Gasteiger partial charge in [-0.3, -0.25) is 14.6 Å². The minimum atomic E-state index is -0.263. The summed E-state index contributed by atoms with van der Waals surface area (Å²) in [6.07, 6.45) is 9.33. The molecular formula is C30H39N7O3. The van der Waals surface area contributed by atoms with Crippen LogP contribution in [0.5, 0.6) is 5.75 Å². The van der Waals surface area contributed by atoms with Gasteiger partial charge in [0.05, 0.1) is 24.5 Å². The van der Waals surface area contributed by atoms with Crippen molar-refractivity contribution in [1.29, 1.82) is 0 Å². The summed E-state index contributed by atoms with van der Waals surface area (Å²) < 4.78 is 8.03. The van der Waals surface area contributed by atoms with Gasteiger partial charge in [-0.15, -0.1) is 5.10 Å². The number of ether oxygens (including phenoxy) is 1. The maximum Gasteiger partial charge on any atom is 0.273 e. The molecule has 3 aromatic rings. The first-order valence-electron chi connectivity index (χ1n) is 13.5. The van der Waals surface area contributed by atoms with E-state index in [4.69, 9.17) is 4.74 Å². The number of benzene rings is 1. The van der Waals surface area contributed by atoms with Gasteiger partial charge in [-0.1, -0.05) is 29.5 Å². The predicted molar refractivity (Wildman–Crippen MR) is 154 cm³/mol. The van der Waals surface area contributed by atoms with Gasteiger partial charge in [-0.05, 0) is 64.5 Å². The zero-order valence-corrected chi connectivity index (χ0v) is 24.2. The average molecular weight is 546 g/mol. The maximum atomic E-state index is 12.6. The number of hydrogen-bond acceptors (Lipinski definition) is 7. The van der Waals surface area contributed by atoms with Gasteiger partial charge in [0, 0.05) is 43.9 Å². The number of nitrogens with zero attached hydrogens (tertiary/aromatic N) is 6. The number of rotatable bonds is 9. The number of aromatic nitrogens is 4. The first-order valence-corrected chi connectivity index (χ1v) is 13.5. The number of likely N-dealkylation sites (N-methyl/N-ethyl adjacent to an activating group) is 1. The molecule has 1 atom stereocenters. The predicted octanol–water partition coefficient (Wildman–Crippen LogP) is 3.43. The number of hydrogen-bond donors (Lipinski definition) is 1. The van der Waals surface area contributed by atoms with Crippen LogP contribution in [0.25, 0.3) is 11.1 Å². The SMILES string of the molecule is Cc1cc(-c2ccncc2OC2CCN(C(=O)C=CCN(C)C)C2)ccc1CNC(=O)c1cn(C(C)(C)C)nn1. The number of carbonyl (C=O) groups is 2. The molecule has 1 unspecified atom stereocenters. The number of pyridine rings is 1. The second kappa shape index (κ2) is 12.4. The van der Waals surface area contributed by atoms with E-state index in [1.165, 1.54) is 0 Å². The molecule has 0 bridgehead atoms. The lowest BCUT2D eigenvalue weighted by molar-refractivity contribution is -0.125. The van der Waals surface area contributed by atoms with Crippen molar-refractivity contribution in [3.05, 3.63) is 71.8 Å². The third-order valence-electron chi connectivity index (χ3n) is 6.77. The molecule has 1 aromatic carbocycles. The smallest absolute Gasteiger partial charge is 0.273 e. The highest BCUT2D eigenvalue weighted by Crippen LogP contribution is 2.32. The molecule has 1 saturated heterocycles. The molecular weight excluding hydrogens is 506 g/mol. The molecule has 2 amide bonds. The molecule has 0 saturated carbocycles. The molecule has 0 radical (unpaired) electrons. The van der Waals surface area contributed by atoms with Crippen molar-refractivity contribution < 1.29 is 14.3 Å². The van der Waals surface area contributed by atoms with Crippen molar-refractivity contribution in [1.82, 2.24) is 35.1 Å². The Hall–Kier alpha value is -4.05. The van der Waals surface area contributed by atoms with E-state index in [9.17, 15) is 9.59 Å². The van der Waals surface area contributed by atoms with Crippen molar-refractivity contribution >= 4 is 11.8 Å². The van der Waals surface area contributed by atoms with Crippen LogP contribution in [0.3, 0.4) is 0 Å². The van der Waals surface area contributed by atoms with Crippen LogP contribution in [-0.4, -0.2) is 81.4 Å². The Morgan fingerprint density at radius 2 is 2.02 bits per heavy atom. The van der Waals surface area contributed by atoms with Crippen molar-refractivity contribution in [3.63, 3.8) is 0 Å². The molecule has 3 heterocycles. The van der Waals surface area contributed by atoms with Gasteiger partial charge in [-0.25, -0.2) is 4.68 Å². The summed E-state index contributed by atoms with van der Waals surface area (Å²) in [7, 11) is 3.94. The van der Waals surface area contributed by atoms with Crippen LogP contribution >= 0.6 is 0 Å². The third-order valence-corrected chi connectivity index (χ3v) is 6.77. The number of amides is 2. The van der Waals surface area contributed by atoms with Crippen LogP contribution < -0.4 is 10.1 Å². The summed E-state index contributed by atoms with van der Waals surface area (Å²) in [6, 6.07) is 8.05. The minimum absolute atomic E-state index is 0.0106. The largest absolute Gasteiger partial charge is 0.486 e. The van der Waals surface area contributed by atoms with Crippen LogP contribution in [-0.2, 0) is 16.9 Å². The van der Waals surface area contributed by atoms with Gasteiger partial charge in [0.2, 0.25) is 5.91 Å². The minimum Gasteiger partial charge on any atom is -0.486 e. The molecule has 212 valence electrons. The van der Waals surface area contributed by atoms with Crippen molar-refractivity contribution in [2.75, 3.05) is 33.7 Å². The molecule has 0 aliphatic carbocycles. The van der Waals surface area contributed by atoms with Crippen LogP contribution in [0.1, 0.15) is 48.8 Å². The second-order valence-electron chi connectivity index (χ2n) is 11.4. The Morgan fingerprint density at radius 3 is 2.73 bits per heavy atom. The molecule has 40 heavy (non-hydrogen) atoms. The fraction of sp³-hybridized carbons (Fsp3) is 0.433. The lowest BCUT2D eigenvalue weighted by Crippen LogP contribution is -2.29. The van der Waals surface area contributed by atoms with E-state index in [2.05, 4.69) is 26.7 Å². The van der Waals surface area contributed by atoms with Gasteiger partial charge in [0.25, 0.3) is 5.91 Å². The van der Waals surface area contributed by atoms with Gasteiger partial charge in [0.1, 0.15) is 11.9 Å². The molecule has 1 aliphatic heterocycles. The van der Waals surface area contributed by atoms with Gasteiger partial charge in [0.15, 0.2) is 5.69 Å². The average Bonchev–Trinajstić information content (AvgIpc) is 3.58. The molecule has 10 nitrogen and oxygen atoms in total. The van der Waals surface area contributed by atoms with Crippen molar-refractivity contribution in [3.8, 4) is 16.9 Å². The summed E-state index contributed by atoms with van der Waals surface area (Å²) in [4.78, 5) is 33.3. The highest BCUT2D eigenvalue weighted by atomic mass is 16.5. The Bertz CT molecular complexity index is 1370. The summed E-state index contributed by atoms with van der Waals surface area (Å²) in [5.74, 6) is 0.435. The summed E-state index contributed by atoms with van der Waals surface area (Å²) >= 11 is 0. The molecule has 1 fully saturated rings. The van der Waals surface area contributed by atoms with E-state index in [1.807, 2.05) is 75.9 Å². The molecule has 0 spiro atoms. The fourth-order valence-corrected chi connectivity index (χ4v) is 4.41. The number of carbonyl (C=O) groups excluding carboxylic acids is 2. The first-order chi connectivity index (χ1) is 19.0. The lowest BCUT2D eigenvalue weighted by Gasteiger charge is -2.18. The van der Waals surface area contributed by atoms with E-state index in [0.29, 0.717) is 31.1 Å². The fourth-order valence-electron chi connectivity index (χ4n) is 4.41. The van der Waals surface area contributed by atoms with E-state index >= 15 is 0 Å². The summed E-state index contributed by atoms with van der Waals surface area (Å²) in [5, 5.41) is 11.0. The zero-order valence-electron chi connectivity index (χ0n) is 24.2. The maximum absolute atomic E-state index is 12.6.